The van der Waals surface area contributed by atoms with Crippen LogP contribution in [0.3, 0.4) is 0 Å². The average molecular weight is 507 g/mol. The first-order valence-corrected chi connectivity index (χ1v) is 12.3. The van der Waals surface area contributed by atoms with Gasteiger partial charge in [0.15, 0.2) is 5.78 Å². The van der Waals surface area contributed by atoms with Gasteiger partial charge in [-0.05, 0) is 84.9 Å². The van der Waals surface area contributed by atoms with E-state index in [1.54, 1.807) is 79.0 Å². The number of rotatable bonds is 7. The maximum absolute atomic E-state index is 12.9. The Kier molecular flexibility index (Phi) is 7.52. The number of hydrogen-bond donors (Lipinski definition) is 2. The summed E-state index contributed by atoms with van der Waals surface area (Å²) in [6.07, 6.45) is 3.09. The number of ketones is 1. The molecule has 0 spiro atoms. The molecule has 0 unspecified atom stereocenters. The molecule has 0 atom stereocenters. The van der Waals surface area contributed by atoms with Crippen molar-refractivity contribution >= 4 is 34.7 Å². The van der Waals surface area contributed by atoms with E-state index in [4.69, 9.17) is 4.74 Å². The highest BCUT2D eigenvalue weighted by molar-refractivity contribution is 6.10. The summed E-state index contributed by atoms with van der Waals surface area (Å²) in [6, 6.07) is 24.3. The van der Waals surface area contributed by atoms with Crippen LogP contribution >= 0.6 is 0 Å². The second kappa shape index (κ2) is 11.5. The van der Waals surface area contributed by atoms with Crippen LogP contribution in [0.5, 0.6) is 0 Å². The van der Waals surface area contributed by atoms with Crippen LogP contribution in [0.1, 0.15) is 36.6 Å². The summed E-state index contributed by atoms with van der Waals surface area (Å²) in [5.74, 6) is -0.656. The fourth-order valence-corrected chi connectivity index (χ4v) is 4.13. The first kappa shape index (κ1) is 24.9. The number of carbonyl (C=O) groups excluding carboxylic acids is 3. The standard InChI is InChI=1S/C30H26N4O4/c35-28(22-5-11-26(12-6-22)33-30(37)24-2-1-15-31-20-24)21-3-9-25(10-4-21)32-29(36)23-7-13-27(14-8-23)34-16-18-38-19-17-34/h1-15,20H,16-19H2,(H,32,36)(H,33,37). The number of nitrogens with zero attached hydrogens (tertiary/aromatic N) is 2. The van der Waals surface area contributed by atoms with Crippen molar-refractivity contribution in [3.63, 3.8) is 0 Å². The van der Waals surface area contributed by atoms with Crippen LogP contribution < -0.4 is 15.5 Å². The number of carbonyl (C=O) groups is 3. The van der Waals surface area contributed by atoms with Crippen LogP contribution in [0.4, 0.5) is 17.1 Å². The van der Waals surface area contributed by atoms with Crippen molar-refractivity contribution < 1.29 is 19.1 Å². The summed E-state index contributed by atoms with van der Waals surface area (Å²) in [4.78, 5) is 44.1. The van der Waals surface area contributed by atoms with Gasteiger partial charge < -0.3 is 20.3 Å². The topological polar surface area (TPSA) is 101 Å². The first-order valence-electron chi connectivity index (χ1n) is 12.3. The molecule has 5 rings (SSSR count). The third-order valence-electron chi connectivity index (χ3n) is 6.24. The highest BCUT2D eigenvalue weighted by Gasteiger charge is 2.14. The van der Waals surface area contributed by atoms with E-state index in [0.717, 1.165) is 18.8 Å². The molecule has 1 aromatic heterocycles. The first-order chi connectivity index (χ1) is 18.6. The van der Waals surface area contributed by atoms with E-state index in [-0.39, 0.29) is 17.6 Å². The SMILES string of the molecule is O=C(Nc1ccc(C(=O)c2ccc(NC(=O)c3cccnc3)cc2)cc1)c1ccc(N2CCOCC2)cc1. The number of morpholine rings is 1. The van der Waals surface area contributed by atoms with Crippen molar-refractivity contribution in [2.24, 2.45) is 0 Å². The second-order valence-corrected chi connectivity index (χ2v) is 8.78. The molecule has 8 heteroatoms. The summed E-state index contributed by atoms with van der Waals surface area (Å²) in [5.41, 5.74) is 4.22. The van der Waals surface area contributed by atoms with Gasteiger partial charge in [-0.2, -0.15) is 0 Å². The lowest BCUT2D eigenvalue weighted by molar-refractivity contribution is 0.101. The monoisotopic (exact) mass is 506 g/mol. The van der Waals surface area contributed by atoms with Crippen LogP contribution in [-0.2, 0) is 4.74 Å². The maximum atomic E-state index is 12.9. The Hall–Kier alpha value is -4.82. The zero-order valence-electron chi connectivity index (χ0n) is 20.6. The number of anilines is 3. The van der Waals surface area contributed by atoms with E-state index < -0.39 is 0 Å². The van der Waals surface area contributed by atoms with Crippen molar-refractivity contribution in [3.05, 3.63) is 120 Å². The molecule has 0 radical (unpaired) electrons. The predicted octanol–water partition coefficient (Wildman–Crippen LogP) is 4.65. The molecule has 2 N–H and O–H groups in total. The molecule has 1 aliphatic heterocycles. The van der Waals surface area contributed by atoms with Gasteiger partial charge in [0.05, 0.1) is 18.8 Å². The van der Waals surface area contributed by atoms with Gasteiger partial charge >= 0.3 is 0 Å². The van der Waals surface area contributed by atoms with Gasteiger partial charge in [-0.3, -0.25) is 19.4 Å². The van der Waals surface area contributed by atoms with E-state index in [2.05, 4.69) is 20.5 Å². The summed E-state index contributed by atoms with van der Waals surface area (Å²) in [6.45, 7) is 3.08. The number of benzene rings is 3. The molecule has 0 aliphatic carbocycles. The Bertz CT molecular complexity index is 1410. The van der Waals surface area contributed by atoms with Crippen LogP contribution in [0.15, 0.2) is 97.3 Å². The molecule has 190 valence electrons. The lowest BCUT2D eigenvalue weighted by Crippen LogP contribution is -2.36. The zero-order chi connectivity index (χ0) is 26.3. The van der Waals surface area contributed by atoms with Crippen molar-refractivity contribution in [3.8, 4) is 0 Å². The summed E-state index contributed by atoms with van der Waals surface area (Å²) < 4.78 is 5.39. The Labute approximate surface area is 220 Å². The van der Waals surface area contributed by atoms with E-state index in [1.165, 1.54) is 6.20 Å². The fraction of sp³-hybridized carbons (Fsp3) is 0.133. The van der Waals surface area contributed by atoms with Gasteiger partial charge in [0.25, 0.3) is 11.8 Å². The van der Waals surface area contributed by atoms with Crippen molar-refractivity contribution in [2.45, 2.75) is 0 Å². The number of pyridine rings is 1. The predicted molar refractivity (Wildman–Crippen MR) is 146 cm³/mol. The quantitative estimate of drug-likeness (QED) is 0.354. The highest BCUT2D eigenvalue weighted by Crippen LogP contribution is 2.19. The minimum Gasteiger partial charge on any atom is -0.378 e. The third-order valence-corrected chi connectivity index (χ3v) is 6.24. The van der Waals surface area contributed by atoms with E-state index in [9.17, 15) is 14.4 Å². The second-order valence-electron chi connectivity index (χ2n) is 8.78. The van der Waals surface area contributed by atoms with Gasteiger partial charge in [-0.1, -0.05) is 0 Å². The van der Waals surface area contributed by atoms with E-state index in [1.807, 2.05) is 12.1 Å². The van der Waals surface area contributed by atoms with E-state index in [0.29, 0.717) is 46.8 Å². The van der Waals surface area contributed by atoms with Crippen LogP contribution in [-0.4, -0.2) is 48.9 Å². The van der Waals surface area contributed by atoms with Crippen LogP contribution in [0, 0.1) is 0 Å². The van der Waals surface area contributed by atoms with Gasteiger partial charge in [0.1, 0.15) is 0 Å². The normalized spacial score (nSPS) is 13.0. The van der Waals surface area contributed by atoms with Crippen molar-refractivity contribution in [1.29, 1.82) is 0 Å². The Morgan fingerprint density at radius 3 is 1.71 bits per heavy atom. The molecule has 38 heavy (non-hydrogen) atoms. The number of nitrogens with one attached hydrogen (secondary N) is 2. The minimum absolute atomic E-state index is 0.160. The van der Waals surface area contributed by atoms with Gasteiger partial charge in [-0.15, -0.1) is 0 Å². The average Bonchev–Trinajstić information content (AvgIpc) is 2.98. The van der Waals surface area contributed by atoms with Gasteiger partial charge in [-0.25, -0.2) is 0 Å². The molecule has 2 heterocycles. The van der Waals surface area contributed by atoms with Crippen molar-refractivity contribution in [2.75, 3.05) is 41.8 Å². The zero-order valence-corrected chi connectivity index (χ0v) is 20.6. The lowest BCUT2D eigenvalue weighted by atomic mass is 10.0. The maximum Gasteiger partial charge on any atom is 0.257 e. The number of hydrogen-bond acceptors (Lipinski definition) is 6. The molecule has 1 fully saturated rings. The fourth-order valence-electron chi connectivity index (χ4n) is 4.13. The molecule has 4 aromatic rings. The third kappa shape index (κ3) is 5.93. The van der Waals surface area contributed by atoms with E-state index >= 15 is 0 Å². The summed E-state index contributed by atoms with van der Waals surface area (Å²) in [7, 11) is 0. The van der Waals surface area contributed by atoms with Crippen molar-refractivity contribution in [1.82, 2.24) is 4.98 Å². The largest absolute Gasteiger partial charge is 0.378 e. The lowest BCUT2D eigenvalue weighted by Gasteiger charge is -2.28. The number of amides is 2. The summed E-state index contributed by atoms with van der Waals surface area (Å²) >= 11 is 0. The number of ether oxygens (including phenoxy) is 1. The Balaban J connectivity index is 1.17. The summed E-state index contributed by atoms with van der Waals surface area (Å²) in [5, 5.41) is 5.66. The molecule has 0 bridgehead atoms. The smallest absolute Gasteiger partial charge is 0.257 e. The molecule has 0 saturated carbocycles. The molecule has 1 saturated heterocycles. The molecule has 3 aromatic carbocycles. The molecule has 1 aliphatic rings. The molecular formula is C30H26N4O4. The molecule has 2 amide bonds. The Morgan fingerprint density at radius 2 is 1.18 bits per heavy atom. The van der Waals surface area contributed by atoms with Crippen LogP contribution in [0.2, 0.25) is 0 Å². The Morgan fingerprint density at radius 1 is 0.658 bits per heavy atom. The minimum atomic E-state index is -0.275. The highest BCUT2D eigenvalue weighted by atomic mass is 16.5. The molecule has 8 nitrogen and oxygen atoms in total. The number of aromatic nitrogens is 1. The van der Waals surface area contributed by atoms with Crippen LogP contribution in [0.25, 0.3) is 0 Å². The van der Waals surface area contributed by atoms with Gasteiger partial charge in [0.2, 0.25) is 0 Å². The van der Waals surface area contributed by atoms with Gasteiger partial charge in [0, 0.05) is 59.2 Å². The molecular weight excluding hydrogens is 480 g/mol.